The van der Waals surface area contributed by atoms with Gasteiger partial charge < -0.3 is 14.6 Å². The first-order valence-electron chi connectivity index (χ1n) is 11.1. The van der Waals surface area contributed by atoms with Gasteiger partial charge in [-0.2, -0.15) is 0 Å². The maximum Gasteiger partial charge on any atom is 0.410 e. The van der Waals surface area contributed by atoms with E-state index in [9.17, 15) is 9.59 Å². The Morgan fingerprint density at radius 2 is 1.79 bits per heavy atom. The number of benzene rings is 1. The Hall–Kier alpha value is -2.86. The summed E-state index contributed by atoms with van der Waals surface area (Å²) in [6.45, 7) is 12.1. The van der Waals surface area contributed by atoms with Crippen LogP contribution in [0.1, 0.15) is 51.9 Å². The molecule has 2 unspecified atom stereocenters. The van der Waals surface area contributed by atoms with Gasteiger partial charge in [0.15, 0.2) is 5.78 Å². The van der Waals surface area contributed by atoms with Crippen LogP contribution in [0.4, 0.5) is 4.79 Å². The standard InChI is InChI=1S/C26H30ClN3O3/c1-25(2,3)22-20(14-30(22)24(32)33-26(4,5)6)21(31)16-9-7-15(8-10-16)19-13-29-23-18(19)11-17(27)12-28-23/h7-13,20,22H,14H2,1-6H3,(H,28,29). The second kappa shape index (κ2) is 8.17. The number of hydrogen-bond donors (Lipinski definition) is 1. The molecule has 33 heavy (non-hydrogen) atoms. The van der Waals surface area contributed by atoms with E-state index >= 15 is 0 Å². The highest BCUT2D eigenvalue weighted by molar-refractivity contribution is 6.31. The molecule has 2 atom stereocenters. The van der Waals surface area contributed by atoms with Crippen LogP contribution >= 0.6 is 11.6 Å². The van der Waals surface area contributed by atoms with Crippen LogP contribution in [-0.2, 0) is 4.74 Å². The van der Waals surface area contributed by atoms with Gasteiger partial charge in [0.05, 0.1) is 17.0 Å². The van der Waals surface area contributed by atoms with Gasteiger partial charge in [-0.15, -0.1) is 0 Å². The molecular formula is C26H30ClN3O3. The minimum Gasteiger partial charge on any atom is -0.444 e. The van der Waals surface area contributed by atoms with Gasteiger partial charge in [0.25, 0.3) is 0 Å². The molecule has 0 spiro atoms. The zero-order valence-corrected chi connectivity index (χ0v) is 20.7. The van der Waals surface area contributed by atoms with Gasteiger partial charge in [0.2, 0.25) is 0 Å². The van der Waals surface area contributed by atoms with Crippen LogP contribution in [0.2, 0.25) is 5.02 Å². The number of H-pyrrole nitrogens is 1. The molecule has 0 bridgehead atoms. The molecule has 1 aromatic carbocycles. The molecule has 7 heteroatoms. The Balaban J connectivity index is 1.55. The number of hydrogen-bond acceptors (Lipinski definition) is 4. The maximum absolute atomic E-state index is 13.4. The molecule has 1 N–H and O–H groups in total. The Morgan fingerprint density at radius 1 is 1.12 bits per heavy atom. The van der Waals surface area contributed by atoms with E-state index in [4.69, 9.17) is 16.3 Å². The van der Waals surface area contributed by atoms with Crippen molar-refractivity contribution in [3.63, 3.8) is 0 Å². The highest BCUT2D eigenvalue weighted by Gasteiger charge is 2.52. The SMILES string of the molecule is CC(C)(C)OC(=O)N1CC(C(=O)c2ccc(-c3c[nH]c4ncc(Cl)cc34)cc2)C1C(C)(C)C. The number of nitrogens with one attached hydrogen (secondary N) is 1. The van der Waals surface area contributed by atoms with E-state index in [1.54, 1.807) is 11.1 Å². The number of pyridine rings is 1. The number of aromatic amines is 1. The zero-order valence-electron chi connectivity index (χ0n) is 19.9. The number of rotatable bonds is 3. The number of fused-ring (bicyclic) bond motifs is 1. The molecule has 1 aliphatic rings. The normalized spacial score (nSPS) is 18.8. The summed E-state index contributed by atoms with van der Waals surface area (Å²) in [4.78, 5) is 35.2. The lowest BCUT2D eigenvalue weighted by molar-refractivity contribution is -0.0549. The second-order valence-electron chi connectivity index (χ2n) is 10.7. The lowest BCUT2D eigenvalue weighted by atomic mass is 9.69. The van der Waals surface area contributed by atoms with Crippen molar-refractivity contribution >= 4 is 34.5 Å². The van der Waals surface area contributed by atoms with Crippen LogP contribution in [0.3, 0.4) is 0 Å². The number of nitrogens with zero attached hydrogens (tertiary/aromatic N) is 2. The van der Waals surface area contributed by atoms with E-state index in [2.05, 4.69) is 9.97 Å². The minimum atomic E-state index is -0.577. The third-order valence-electron chi connectivity index (χ3n) is 5.94. The number of carbonyl (C=O) groups is 2. The average Bonchev–Trinajstić information content (AvgIpc) is 3.07. The second-order valence-corrected chi connectivity index (χ2v) is 11.2. The Kier molecular flexibility index (Phi) is 5.77. The summed E-state index contributed by atoms with van der Waals surface area (Å²) < 4.78 is 5.56. The van der Waals surface area contributed by atoms with Crippen molar-refractivity contribution in [2.24, 2.45) is 11.3 Å². The highest BCUT2D eigenvalue weighted by Crippen LogP contribution is 2.41. The summed E-state index contributed by atoms with van der Waals surface area (Å²) in [5.41, 5.74) is 2.51. The van der Waals surface area contributed by atoms with Crippen LogP contribution in [0.25, 0.3) is 22.2 Å². The van der Waals surface area contributed by atoms with E-state index < -0.39 is 5.60 Å². The van der Waals surface area contributed by atoms with Crippen LogP contribution in [-0.4, -0.2) is 44.9 Å². The van der Waals surface area contributed by atoms with Gasteiger partial charge >= 0.3 is 6.09 Å². The van der Waals surface area contributed by atoms with Crippen LogP contribution in [0, 0.1) is 11.3 Å². The van der Waals surface area contributed by atoms with E-state index in [1.165, 1.54) is 0 Å². The molecule has 0 aliphatic carbocycles. The maximum atomic E-state index is 13.4. The van der Waals surface area contributed by atoms with Gasteiger partial charge in [0.1, 0.15) is 11.2 Å². The topological polar surface area (TPSA) is 75.3 Å². The molecule has 0 radical (unpaired) electrons. The summed E-state index contributed by atoms with van der Waals surface area (Å²) in [6.07, 6.45) is 3.13. The van der Waals surface area contributed by atoms with Crippen LogP contribution in [0.5, 0.6) is 0 Å². The molecule has 1 fully saturated rings. The number of aromatic nitrogens is 2. The van der Waals surface area contributed by atoms with Crippen LogP contribution in [0.15, 0.2) is 42.7 Å². The van der Waals surface area contributed by atoms with Crippen LogP contribution < -0.4 is 0 Å². The predicted molar refractivity (Wildman–Crippen MR) is 131 cm³/mol. The van der Waals surface area contributed by atoms with E-state index in [0.717, 1.165) is 22.2 Å². The largest absolute Gasteiger partial charge is 0.444 e. The van der Waals surface area contributed by atoms with Gasteiger partial charge in [-0.1, -0.05) is 56.6 Å². The van der Waals surface area contributed by atoms with Crippen molar-refractivity contribution in [1.82, 2.24) is 14.9 Å². The van der Waals surface area contributed by atoms with Crippen molar-refractivity contribution in [3.05, 3.63) is 53.3 Å². The number of amides is 1. The highest BCUT2D eigenvalue weighted by atomic mass is 35.5. The molecule has 3 heterocycles. The van der Waals surface area contributed by atoms with E-state index in [0.29, 0.717) is 17.1 Å². The number of Topliss-reactive ketones (excluding diaryl/α,β-unsaturated/α-hetero) is 1. The zero-order chi connectivity index (χ0) is 24.1. The van der Waals surface area contributed by atoms with Crippen molar-refractivity contribution in [1.29, 1.82) is 0 Å². The number of ketones is 1. The molecule has 3 aromatic rings. The summed E-state index contributed by atoms with van der Waals surface area (Å²) in [6, 6.07) is 9.23. The molecule has 2 aromatic heterocycles. The molecule has 1 aliphatic heterocycles. The van der Waals surface area contributed by atoms with Gasteiger partial charge in [-0.25, -0.2) is 9.78 Å². The third-order valence-corrected chi connectivity index (χ3v) is 6.15. The van der Waals surface area contributed by atoms with Crippen molar-refractivity contribution in [3.8, 4) is 11.1 Å². The third kappa shape index (κ3) is 4.62. The van der Waals surface area contributed by atoms with Gasteiger partial charge in [0, 0.05) is 35.5 Å². The molecule has 1 saturated heterocycles. The Morgan fingerprint density at radius 3 is 2.39 bits per heavy atom. The summed E-state index contributed by atoms with van der Waals surface area (Å²) in [5.74, 6) is -0.218. The summed E-state index contributed by atoms with van der Waals surface area (Å²) in [7, 11) is 0. The number of carbonyl (C=O) groups excluding carboxylic acids is 2. The Labute approximate surface area is 199 Å². The molecule has 4 rings (SSSR count). The van der Waals surface area contributed by atoms with E-state index in [1.807, 2.05) is 78.1 Å². The van der Waals surface area contributed by atoms with E-state index in [-0.39, 0.29) is 29.3 Å². The summed E-state index contributed by atoms with van der Waals surface area (Å²) >= 11 is 6.12. The minimum absolute atomic E-state index is 0.0462. The average molecular weight is 468 g/mol. The number of likely N-dealkylation sites (tertiary alicyclic amines) is 1. The van der Waals surface area contributed by atoms with Crippen molar-refractivity contribution in [2.45, 2.75) is 53.2 Å². The predicted octanol–water partition coefficient (Wildman–Crippen LogP) is 6.35. The quantitative estimate of drug-likeness (QED) is 0.455. The molecule has 1 amide bonds. The summed E-state index contributed by atoms with van der Waals surface area (Å²) in [5, 5.41) is 1.50. The smallest absolute Gasteiger partial charge is 0.410 e. The first-order chi connectivity index (χ1) is 15.3. The van der Waals surface area contributed by atoms with Gasteiger partial charge in [-0.05, 0) is 37.8 Å². The van der Waals surface area contributed by atoms with Crippen molar-refractivity contribution < 1.29 is 14.3 Å². The number of ether oxygens (including phenoxy) is 1. The van der Waals surface area contributed by atoms with Gasteiger partial charge in [-0.3, -0.25) is 4.79 Å². The molecule has 174 valence electrons. The first-order valence-corrected chi connectivity index (χ1v) is 11.5. The lowest BCUT2D eigenvalue weighted by Gasteiger charge is -2.53. The molecule has 6 nitrogen and oxygen atoms in total. The fourth-order valence-corrected chi connectivity index (χ4v) is 4.71. The fraction of sp³-hybridized carbons (Fsp3) is 0.423. The molecular weight excluding hydrogens is 438 g/mol. The van der Waals surface area contributed by atoms with Crippen molar-refractivity contribution in [2.75, 3.05) is 6.54 Å². The fourth-order valence-electron chi connectivity index (χ4n) is 4.56. The Bertz CT molecular complexity index is 1200. The monoisotopic (exact) mass is 467 g/mol. The first kappa shape index (κ1) is 23.3. The number of halogens is 1. The molecule has 0 saturated carbocycles. The lowest BCUT2D eigenvalue weighted by Crippen LogP contribution is -2.66.